The van der Waals surface area contributed by atoms with Gasteiger partial charge >= 0.3 is 6.09 Å². The second-order valence-corrected chi connectivity index (χ2v) is 9.30. The van der Waals surface area contributed by atoms with E-state index in [-0.39, 0.29) is 36.6 Å². The number of nitrogens with one attached hydrogen (secondary N) is 2. The molecule has 6 nitrogen and oxygen atoms in total. The van der Waals surface area contributed by atoms with Crippen molar-refractivity contribution in [2.45, 2.75) is 45.3 Å². The number of hydrogen-bond acceptors (Lipinski definition) is 4. The first-order valence-electron chi connectivity index (χ1n) is 8.38. The zero-order chi connectivity index (χ0) is 20.7. The van der Waals surface area contributed by atoms with Crippen LogP contribution in [-0.4, -0.2) is 44.3 Å². The Bertz CT molecular complexity index is 739. The van der Waals surface area contributed by atoms with E-state index in [1.54, 1.807) is 20.8 Å². The number of rotatable bonds is 9. The maximum Gasteiger partial charge on any atom is 0.407 e. The lowest BCUT2D eigenvalue weighted by Crippen LogP contribution is -2.47. The van der Waals surface area contributed by atoms with Gasteiger partial charge in [-0.15, -0.1) is 11.6 Å². The molecular formula is C17H25ClF2N2O4S. The van der Waals surface area contributed by atoms with E-state index in [9.17, 15) is 22.0 Å². The Labute approximate surface area is 163 Å². The molecule has 0 saturated carbocycles. The zero-order valence-electron chi connectivity index (χ0n) is 15.5. The summed E-state index contributed by atoms with van der Waals surface area (Å²) < 4.78 is 58.7. The Morgan fingerprint density at radius 2 is 1.96 bits per heavy atom. The first-order valence-corrected chi connectivity index (χ1v) is 10.6. The number of benzene rings is 1. The molecule has 10 heteroatoms. The van der Waals surface area contributed by atoms with Crippen LogP contribution in [0.4, 0.5) is 13.6 Å². The summed E-state index contributed by atoms with van der Waals surface area (Å²) in [6, 6.07) is 2.10. The van der Waals surface area contributed by atoms with Crippen LogP contribution in [0.5, 0.6) is 0 Å². The van der Waals surface area contributed by atoms with Crippen LogP contribution in [0.15, 0.2) is 18.2 Å². The third-order valence-corrected chi connectivity index (χ3v) is 4.99. The molecule has 27 heavy (non-hydrogen) atoms. The quantitative estimate of drug-likeness (QED) is 0.594. The molecule has 0 aliphatic heterocycles. The van der Waals surface area contributed by atoms with Crippen LogP contribution in [0, 0.1) is 11.6 Å². The highest BCUT2D eigenvalue weighted by Crippen LogP contribution is 2.13. The Morgan fingerprint density at radius 3 is 2.56 bits per heavy atom. The van der Waals surface area contributed by atoms with E-state index in [0.29, 0.717) is 0 Å². The molecule has 1 amide bonds. The molecule has 0 aliphatic rings. The van der Waals surface area contributed by atoms with Crippen LogP contribution >= 0.6 is 11.6 Å². The average molecular weight is 427 g/mol. The van der Waals surface area contributed by atoms with Gasteiger partial charge in [-0.05, 0) is 57.4 Å². The number of alkyl halides is 1. The van der Waals surface area contributed by atoms with Gasteiger partial charge in [-0.25, -0.2) is 26.7 Å². The summed E-state index contributed by atoms with van der Waals surface area (Å²) in [5.74, 6) is -1.28. The Hall–Kier alpha value is -1.45. The summed E-state index contributed by atoms with van der Waals surface area (Å²) in [5.41, 5.74) is -0.755. The van der Waals surface area contributed by atoms with Crippen molar-refractivity contribution in [2.75, 3.05) is 18.2 Å². The third kappa shape index (κ3) is 9.88. The van der Waals surface area contributed by atoms with Crippen LogP contribution in [0.25, 0.3) is 0 Å². The zero-order valence-corrected chi connectivity index (χ0v) is 17.1. The van der Waals surface area contributed by atoms with Crippen LogP contribution < -0.4 is 10.0 Å². The molecule has 2 N–H and O–H groups in total. The van der Waals surface area contributed by atoms with Crippen molar-refractivity contribution < 1.29 is 26.7 Å². The molecule has 1 aromatic carbocycles. The topological polar surface area (TPSA) is 84.5 Å². The second kappa shape index (κ2) is 10.2. The number of amides is 1. The summed E-state index contributed by atoms with van der Waals surface area (Å²) >= 11 is 5.50. The lowest BCUT2D eigenvalue weighted by molar-refractivity contribution is 0.0504. The number of halogens is 3. The lowest BCUT2D eigenvalue weighted by Gasteiger charge is -2.24. The molecule has 154 valence electrons. The van der Waals surface area contributed by atoms with E-state index in [4.69, 9.17) is 16.3 Å². The predicted octanol–water partition coefficient (Wildman–Crippen LogP) is 2.95. The lowest BCUT2D eigenvalue weighted by atomic mass is 10.1. The van der Waals surface area contributed by atoms with E-state index in [1.807, 2.05) is 0 Å². The number of ether oxygens (including phenoxy) is 1. The van der Waals surface area contributed by atoms with Gasteiger partial charge in [-0.3, -0.25) is 0 Å². The van der Waals surface area contributed by atoms with E-state index in [2.05, 4.69) is 10.0 Å². The normalized spacial score (nSPS) is 13.3. The van der Waals surface area contributed by atoms with E-state index in [1.165, 1.54) is 0 Å². The van der Waals surface area contributed by atoms with Gasteiger partial charge in [-0.1, -0.05) is 0 Å². The van der Waals surface area contributed by atoms with Crippen molar-refractivity contribution in [2.24, 2.45) is 0 Å². The standard InChI is InChI=1S/C17H25ClF2N2O4S/c1-17(2,3)26-16(23)22-14(11-21-27(24,25)8-4-7-18)10-12-9-13(19)5-6-15(12)20/h5-6,9,14,21H,4,7-8,10-11H2,1-3H3,(H,22,23). The molecule has 0 radical (unpaired) electrons. The fourth-order valence-electron chi connectivity index (χ4n) is 2.16. The molecule has 1 unspecified atom stereocenters. The Kier molecular flexibility index (Phi) is 8.90. The number of carbonyl (C=O) groups is 1. The van der Waals surface area contributed by atoms with Crippen molar-refractivity contribution in [1.29, 1.82) is 0 Å². The summed E-state index contributed by atoms with van der Waals surface area (Å²) in [5, 5.41) is 2.49. The van der Waals surface area contributed by atoms with Crippen molar-refractivity contribution in [1.82, 2.24) is 10.0 Å². The van der Waals surface area contributed by atoms with Crippen molar-refractivity contribution in [3.63, 3.8) is 0 Å². The van der Waals surface area contributed by atoms with Gasteiger partial charge in [0.05, 0.1) is 5.75 Å². The van der Waals surface area contributed by atoms with Crippen LogP contribution in [0.2, 0.25) is 0 Å². The summed E-state index contributed by atoms with van der Waals surface area (Å²) in [7, 11) is -3.61. The summed E-state index contributed by atoms with van der Waals surface area (Å²) in [6.45, 7) is 4.80. The van der Waals surface area contributed by atoms with E-state index in [0.717, 1.165) is 18.2 Å². The van der Waals surface area contributed by atoms with E-state index < -0.39 is 39.4 Å². The molecule has 1 rings (SSSR count). The van der Waals surface area contributed by atoms with Crippen LogP contribution in [0.1, 0.15) is 32.8 Å². The summed E-state index contributed by atoms with van der Waals surface area (Å²) in [6.07, 6.45) is -0.648. The predicted molar refractivity (Wildman–Crippen MR) is 100 cm³/mol. The molecule has 0 heterocycles. The fraction of sp³-hybridized carbons (Fsp3) is 0.588. The van der Waals surface area contributed by atoms with Gasteiger partial charge in [0.25, 0.3) is 0 Å². The minimum Gasteiger partial charge on any atom is -0.444 e. The number of sulfonamides is 1. The monoisotopic (exact) mass is 426 g/mol. The van der Waals surface area contributed by atoms with Crippen molar-refractivity contribution in [3.8, 4) is 0 Å². The van der Waals surface area contributed by atoms with Gasteiger partial charge in [-0.2, -0.15) is 0 Å². The second-order valence-electron chi connectivity index (χ2n) is 6.99. The number of carbonyl (C=O) groups excluding carboxylic acids is 1. The number of hydrogen-bond donors (Lipinski definition) is 2. The highest BCUT2D eigenvalue weighted by Gasteiger charge is 2.22. The smallest absolute Gasteiger partial charge is 0.407 e. The largest absolute Gasteiger partial charge is 0.444 e. The molecule has 0 fully saturated rings. The SMILES string of the molecule is CC(C)(C)OC(=O)NC(CNS(=O)(=O)CCCCl)Cc1cc(F)ccc1F. The molecule has 1 aromatic rings. The molecule has 0 saturated heterocycles. The average Bonchev–Trinajstić information content (AvgIpc) is 2.52. The first-order chi connectivity index (χ1) is 12.4. The molecule has 0 aromatic heterocycles. The Balaban J connectivity index is 2.88. The molecule has 0 spiro atoms. The third-order valence-electron chi connectivity index (χ3n) is 3.29. The maximum atomic E-state index is 13.9. The highest BCUT2D eigenvalue weighted by molar-refractivity contribution is 7.89. The number of alkyl carbamates (subject to hydrolysis) is 1. The van der Waals surface area contributed by atoms with E-state index >= 15 is 0 Å². The summed E-state index contributed by atoms with van der Waals surface area (Å²) in [4.78, 5) is 12.0. The van der Waals surface area contributed by atoms with Crippen molar-refractivity contribution in [3.05, 3.63) is 35.4 Å². The van der Waals surface area contributed by atoms with Gasteiger partial charge in [0.2, 0.25) is 10.0 Å². The van der Waals surface area contributed by atoms with Gasteiger partial charge < -0.3 is 10.1 Å². The maximum absolute atomic E-state index is 13.9. The van der Waals surface area contributed by atoms with Gasteiger partial charge in [0.15, 0.2) is 0 Å². The fourth-order valence-corrected chi connectivity index (χ4v) is 3.57. The highest BCUT2D eigenvalue weighted by atomic mass is 35.5. The molecule has 0 aliphatic carbocycles. The van der Waals surface area contributed by atoms with Crippen molar-refractivity contribution >= 4 is 27.7 Å². The molecular weight excluding hydrogens is 402 g/mol. The van der Waals surface area contributed by atoms with Gasteiger partial charge in [0.1, 0.15) is 17.2 Å². The molecule has 0 bridgehead atoms. The van der Waals surface area contributed by atoms with Crippen LogP contribution in [0.3, 0.4) is 0 Å². The Morgan fingerprint density at radius 1 is 1.30 bits per heavy atom. The molecule has 1 atom stereocenters. The van der Waals surface area contributed by atoms with Gasteiger partial charge in [0, 0.05) is 18.5 Å². The first kappa shape index (κ1) is 23.6. The minimum atomic E-state index is -3.61. The minimum absolute atomic E-state index is 0.0102. The van der Waals surface area contributed by atoms with Crippen LogP contribution in [-0.2, 0) is 21.2 Å².